The molecule has 140 valence electrons. The number of amides is 3. The third-order valence-electron chi connectivity index (χ3n) is 4.36. The van der Waals surface area contributed by atoms with Gasteiger partial charge >= 0.3 is 6.03 Å². The molecule has 0 unspecified atom stereocenters. The minimum atomic E-state index is -0.588. The molecule has 2 aromatic carbocycles. The number of nitrogens with zero attached hydrogens (tertiary/aromatic N) is 1. The highest BCUT2D eigenvalue weighted by molar-refractivity contribution is 6.06. The Kier molecular flexibility index (Phi) is 5.12. The summed E-state index contributed by atoms with van der Waals surface area (Å²) in [5.74, 6) is -0.748. The van der Waals surface area contributed by atoms with Crippen molar-refractivity contribution in [3.8, 4) is 0 Å². The van der Waals surface area contributed by atoms with Crippen molar-refractivity contribution in [3.63, 3.8) is 0 Å². The maximum absolute atomic E-state index is 13.1. The van der Waals surface area contributed by atoms with Crippen LogP contribution in [0, 0.1) is 5.82 Å². The Bertz CT molecular complexity index is 889. The van der Waals surface area contributed by atoms with Gasteiger partial charge in [-0.3, -0.25) is 4.79 Å². The van der Waals surface area contributed by atoms with Crippen LogP contribution in [0.25, 0.3) is 0 Å². The number of hydrogen-bond acceptors (Lipinski definition) is 3. The molecule has 3 N–H and O–H groups in total. The number of carbonyl (C=O) groups excluding carboxylic acids is 2. The SMILES string of the molecule is CC1=C(C(=O)Nc2ccc(F)cc2)[C@@H](c2ccc(N(C)C)cc2)NC(=O)N1. The molecule has 1 atom stereocenters. The van der Waals surface area contributed by atoms with E-state index in [1.54, 1.807) is 6.92 Å². The number of anilines is 2. The van der Waals surface area contributed by atoms with E-state index in [0.29, 0.717) is 17.0 Å². The summed E-state index contributed by atoms with van der Waals surface area (Å²) in [6.07, 6.45) is 0. The number of halogens is 1. The Morgan fingerprint density at radius 3 is 2.30 bits per heavy atom. The molecule has 1 aliphatic rings. The fraction of sp³-hybridized carbons (Fsp3) is 0.200. The van der Waals surface area contributed by atoms with Gasteiger partial charge in [0.1, 0.15) is 5.82 Å². The summed E-state index contributed by atoms with van der Waals surface area (Å²) in [5, 5.41) is 8.18. The highest BCUT2D eigenvalue weighted by Crippen LogP contribution is 2.29. The lowest BCUT2D eigenvalue weighted by atomic mass is 9.94. The first-order valence-electron chi connectivity index (χ1n) is 8.47. The van der Waals surface area contributed by atoms with E-state index in [2.05, 4.69) is 16.0 Å². The molecular weight excluding hydrogens is 347 g/mol. The Hall–Kier alpha value is -3.35. The monoisotopic (exact) mass is 368 g/mol. The van der Waals surface area contributed by atoms with Crippen molar-refractivity contribution in [2.45, 2.75) is 13.0 Å². The van der Waals surface area contributed by atoms with Crippen molar-refractivity contribution >= 4 is 23.3 Å². The van der Waals surface area contributed by atoms with Gasteiger partial charge in [0.05, 0.1) is 11.6 Å². The molecule has 0 radical (unpaired) electrons. The average molecular weight is 368 g/mol. The van der Waals surface area contributed by atoms with Gasteiger partial charge in [0.15, 0.2) is 0 Å². The third-order valence-corrected chi connectivity index (χ3v) is 4.36. The van der Waals surface area contributed by atoms with Crippen LogP contribution in [0.5, 0.6) is 0 Å². The van der Waals surface area contributed by atoms with Crippen LogP contribution in [-0.4, -0.2) is 26.0 Å². The number of benzene rings is 2. The van der Waals surface area contributed by atoms with Crippen LogP contribution in [0.3, 0.4) is 0 Å². The summed E-state index contributed by atoms with van der Waals surface area (Å²) >= 11 is 0. The maximum atomic E-state index is 13.1. The molecule has 0 bridgehead atoms. The summed E-state index contributed by atoms with van der Waals surface area (Å²) in [6.45, 7) is 1.68. The van der Waals surface area contributed by atoms with Crippen molar-refractivity contribution in [2.75, 3.05) is 24.3 Å². The van der Waals surface area contributed by atoms with Crippen LogP contribution in [-0.2, 0) is 4.79 Å². The van der Waals surface area contributed by atoms with Gasteiger partial charge in [-0.2, -0.15) is 0 Å². The van der Waals surface area contributed by atoms with Crippen LogP contribution in [0.15, 0.2) is 59.8 Å². The number of urea groups is 1. The molecule has 0 aromatic heterocycles. The molecule has 7 heteroatoms. The van der Waals surface area contributed by atoms with E-state index >= 15 is 0 Å². The molecule has 0 saturated heterocycles. The number of nitrogens with one attached hydrogen (secondary N) is 3. The first-order chi connectivity index (χ1) is 12.8. The van der Waals surface area contributed by atoms with Crippen LogP contribution in [0.1, 0.15) is 18.5 Å². The molecule has 0 fully saturated rings. The van der Waals surface area contributed by atoms with E-state index < -0.39 is 6.04 Å². The summed E-state index contributed by atoms with van der Waals surface area (Å²) < 4.78 is 13.1. The molecule has 0 aliphatic carbocycles. The van der Waals surface area contributed by atoms with Crippen molar-refractivity contribution in [1.82, 2.24) is 10.6 Å². The molecule has 3 rings (SSSR count). The first-order valence-corrected chi connectivity index (χ1v) is 8.47. The standard InChI is InChI=1S/C20H21FN4O2/c1-12-17(19(26)23-15-8-6-14(21)7-9-15)18(24-20(27)22-12)13-4-10-16(11-5-13)25(2)3/h4-11,18H,1-3H3,(H,23,26)(H2,22,24,27)/t18-/m1/s1. The second-order valence-corrected chi connectivity index (χ2v) is 6.52. The molecule has 0 saturated carbocycles. The predicted octanol–water partition coefficient (Wildman–Crippen LogP) is 3.16. The van der Waals surface area contributed by atoms with Crippen LogP contribution < -0.4 is 20.9 Å². The zero-order chi connectivity index (χ0) is 19.6. The Morgan fingerprint density at radius 1 is 1.07 bits per heavy atom. The molecule has 0 spiro atoms. The lowest BCUT2D eigenvalue weighted by molar-refractivity contribution is -0.113. The van der Waals surface area contributed by atoms with Crippen molar-refractivity contribution < 1.29 is 14.0 Å². The third kappa shape index (κ3) is 4.08. The van der Waals surface area contributed by atoms with Crippen LogP contribution in [0.4, 0.5) is 20.6 Å². The van der Waals surface area contributed by atoms with Gasteiger partial charge in [-0.15, -0.1) is 0 Å². The highest BCUT2D eigenvalue weighted by atomic mass is 19.1. The summed E-state index contributed by atoms with van der Waals surface area (Å²) in [5.41, 5.74) is 3.15. The molecule has 2 aromatic rings. The summed E-state index contributed by atoms with van der Waals surface area (Å²) in [6, 6.07) is 12.2. The lowest BCUT2D eigenvalue weighted by Crippen LogP contribution is -2.45. The van der Waals surface area contributed by atoms with Gasteiger partial charge in [-0.05, 0) is 48.9 Å². The van der Waals surface area contributed by atoms with E-state index in [-0.39, 0.29) is 17.8 Å². The Balaban J connectivity index is 1.91. The highest BCUT2D eigenvalue weighted by Gasteiger charge is 2.31. The van der Waals surface area contributed by atoms with Gasteiger partial charge in [0.2, 0.25) is 0 Å². The topological polar surface area (TPSA) is 73.5 Å². The zero-order valence-corrected chi connectivity index (χ0v) is 15.3. The number of carbonyl (C=O) groups is 2. The van der Waals surface area contributed by atoms with E-state index in [1.165, 1.54) is 24.3 Å². The molecule has 1 heterocycles. The smallest absolute Gasteiger partial charge is 0.319 e. The second-order valence-electron chi connectivity index (χ2n) is 6.52. The molecule has 6 nitrogen and oxygen atoms in total. The van der Waals surface area contributed by atoms with Crippen molar-refractivity contribution in [2.24, 2.45) is 0 Å². The lowest BCUT2D eigenvalue weighted by Gasteiger charge is -2.29. The van der Waals surface area contributed by atoms with Gasteiger partial charge in [0, 0.05) is 31.2 Å². The molecule has 1 aliphatic heterocycles. The Labute approximate surface area is 157 Å². The minimum Gasteiger partial charge on any atom is -0.378 e. The van der Waals surface area contributed by atoms with Crippen molar-refractivity contribution in [1.29, 1.82) is 0 Å². The van der Waals surface area contributed by atoms with E-state index in [9.17, 15) is 14.0 Å². The normalized spacial score (nSPS) is 16.4. The second kappa shape index (κ2) is 7.49. The quantitative estimate of drug-likeness (QED) is 0.776. The minimum absolute atomic E-state index is 0.367. The predicted molar refractivity (Wildman–Crippen MR) is 103 cm³/mol. The fourth-order valence-electron chi connectivity index (χ4n) is 2.94. The first kappa shape index (κ1) is 18.4. The number of allylic oxidation sites excluding steroid dienone is 1. The molecular formula is C20H21FN4O2. The van der Waals surface area contributed by atoms with Crippen molar-refractivity contribution in [3.05, 3.63) is 71.2 Å². The van der Waals surface area contributed by atoms with Crippen LogP contribution in [0.2, 0.25) is 0 Å². The van der Waals surface area contributed by atoms with Crippen LogP contribution >= 0.6 is 0 Å². The molecule has 3 amide bonds. The van der Waals surface area contributed by atoms with Gasteiger partial charge in [0.25, 0.3) is 5.91 Å². The van der Waals surface area contributed by atoms with Gasteiger partial charge in [-0.1, -0.05) is 12.1 Å². The fourth-order valence-corrected chi connectivity index (χ4v) is 2.94. The maximum Gasteiger partial charge on any atom is 0.319 e. The molecule has 27 heavy (non-hydrogen) atoms. The van der Waals surface area contributed by atoms with E-state index in [1.807, 2.05) is 43.3 Å². The average Bonchev–Trinajstić information content (AvgIpc) is 2.63. The largest absolute Gasteiger partial charge is 0.378 e. The zero-order valence-electron chi connectivity index (χ0n) is 15.3. The van der Waals surface area contributed by atoms with Gasteiger partial charge < -0.3 is 20.9 Å². The Morgan fingerprint density at radius 2 is 1.70 bits per heavy atom. The number of hydrogen-bond donors (Lipinski definition) is 3. The number of rotatable bonds is 4. The van der Waals surface area contributed by atoms with E-state index in [4.69, 9.17) is 0 Å². The van der Waals surface area contributed by atoms with E-state index in [0.717, 1.165) is 11.3 Å². The summed E-state index contributed by atoms with van der Waals surface area (Å²) in [7, 11) is 3.87. The van der Waals surface area contributed by atoms with Gasteiger partial charge in [-0.25, -0.2) is 9.18 Å². The summed E-state index contributed by atoms with van der Waals surface area (Å²) in [4.78, 5) is 26.8.